The maximum absolute atomic E-state index is 12.3. The van der Waals surface area contributed by atoms with Crippen LogP contribution in [0.2, 0.25) is 10.0 Å². The van der Waals surface area contributed by atoms with Gasteiger partial charge in [0.1, 0.15) is 5.75 Å². The fourth-order valence-electron chi connectivity index (χ4n) is 2.51. The van der Waals surface area contributed by atoms with E-state index in [1.54, 1.807) is 28.8 Å². The van der Waals surface area contributed by atoms with Crippen LogP contribution in [-0.2, 0) is 11.8 Å². The van der Waals surface area contributed by atoms with E-state index in [-0.39, 0.29) is 17.8 Å². The lowest BCUT2D eigenvalue weighted by atomic mass is 10.3. The van der Waals surface area contributed by atoms with Crippen molar-refractivity contribution < 1.29 is 9.53 Å². The second-order valence-corrected chi connectivity index (χ2v) is 8.78. The first-order valence-corrected chi connectivity index (χ1v) is 11.1. The summed E-state index contributed by atoms with van der Waals surface area (Å²) >= 11 is 16.7. The highest BCUT2D eigenvalue weighted by Gasteiger charge is 2.18. The summed E-state index contributed by atoms with van der Waals surface area (Å²) in [6.07, 6.45) is -0.337. The number of nitrogens with zero attached hydrogens (tertiary/aromatic N) is 3. The second kappa shape index (κ2) is 9.84. The van der Waals surface area contributed by atoms with Crippen molar-refractivity contribution in [1.82, 2.24) is 14.8 Å². The molecule has 29 heavy (non-hydrogen) atoms. The van der Waals surface area contributed by atoms with Crippen LogP contribution in [0.4, 0.5) is 5.69 Å². The molecule has 1 unspecified atom stereocenters. The van der Waals surface area contributed by atoms with E-state index >= 15 is 0 Å². The van der Waals surface area contributed by atoms with Gasteiger partial charge in [0.15, 0.2) is 17.1 Å². The first-order chi connectivity index (χ1) is 13.8. The summed E-state index contributed by atoms with van der Waals surface area (Å²) in [7, 11) is 1.83. The van der Waals surface area contributed by atoms with Gasteiger partial charge in [0.2, 0.25) is 5.91 Å². The molecule has 6 nitrogen and oxygen atoms in total. The lowest BCUT2D eigenvalue weighted by Crippen LogP contribution is -2.15. The summed E-state index contributed by atoms with van der Waals surface area (Å²) in [4.78, 5) is 12.3. The molecule has 2 aromatic carbocycles. The third-order valence-corrected chi connectivity index (χ3v) is 5.94. The predicted octanol–water partition coefficient (Wildman–Crippen LogP) is 5.76. The quantitative estimate of drug-likeness (QED) is 0.405. The molecule has 1 aromatic heterocycles. The van der Waals surface area contributed by atoms with Crippen molar-refractivity contribution in [3.63, 3.8) is 0 Å². The van der Waals surface area contributed by atoms with Gasteiger partial charge in [-0.2, -0.15) is 0 Å². The molecule has 0 saturated heterocycles. The molecule has 1 N–H and O–H groups in total. The molecule has 1 heterocycles. The molecule has 0 radical (unpaired) electrons. The Morgan fingerprint density at radius 1 is 1.28 bits per heavy atom. The van der Waals surface area contributed by atoms with Crippen molar-refractivity contribution in [3.05, 3.63) is 62.8 Å². The molecule has 0 aliphatic heterocycles. The molecule has 0 spiro atoms. The molecule has 10 heteroatoms. The Morgan fingerprint density at radius 2 is 2.07 bits per heavy atom. The molecule has 1 amide bonds. The van der Waals surface area contributed by atoms with Gasteiger partial charge in [-0.05, 0) is 43.3 Å². The number of aromatic nitrogens is 3. The Balaban J connectivity index is 1.59. The standard InChI is InChI=1S/C19H17BrCl2N4O2S/c1-11(28-14-5-3-4-13(21)9-14)18-24-25-19(26(18)2)29-10-17(27)23-16-7-6-12(20)8-15(16)22/h3-9,11H,10H2,1-2H3,(H,23,27). The molecular weight excluding hydrogens is 499 g/mol. The smallest absolute Gasteiger partial charge is 0.234 e. The zero-order valence-corrected chi connectivity index (χ0v) is 19.4. The highest BCUT2D eigenvalue weighted by molar-refractivity contribution is 9.10. The van der Waals surface area contributed by atoms with Crippen LogP contribution in [0.1, 0.15) is 18.9 Å². The van der Waals surface area contributed by atoms with Gasteiger partial charge in [-0.3, -0.25) is 4.79 Å². The minimum absolute atomic E-state index is 0.169. The molecular formula is C19H17BrCl2N4O2S. The maximum atomic E-state index is 12.3. The number of benzene rings is 2. The number of carbonyl (C=O) groups excluding carboxylic acids is 1. The number of ether oxygens (including phenoxy) is 1. The summed E-state index contributed by atoms with van der Waals surface area (Å²) in [6.45, 7) is 1.88. The number of amides is 1. The summed E-state index contributed by atoms with van der Waals surface area (Å²) < 4.78 is 8.54. The highest BCUT2D eigenvalue weighted by atomic mass is 79.9. The Bertz CT molecular complexity index is 1030. The van der Waals surface area contributed by atoms with Crippen LogP contribution in [0.3, 0.4) is 0 Å². The van der Waals surface area contributed by atoms with Crippen LogP contribution in [0.5, 0.6) is 5.75 Å². The van der Waals surface area contributed by atoms with Crippen molar-refractivity contribution in [1.29, 1.82) is 0 Å². The van der Waals surface area contributed by atoms with Gasteiger partial charge in [0, 0.05) is 16.5 Å². The van der Waals surface area contributed by atoms with E-state index in [1.165, 1.54) is 11.8 Å². The van der Waals surface area contributed by atoms with Gasteiger partial charge in [-0.15, -0.1) is 10.2 Å². The zero-order chi connectivity index (χ0) is 21.0. The van der Waals surface area contributed by atoms with Gasteiger partial charge in [-0.25, -0.2) is 0 Å². The molecule has 3 aromatic rings. The number of hydrogen-bond donors (Lipinski definition) is 1. The molecule has 3 rings (SSSR count). The number of hydrogen-bond acceptors (Lipinski definition) is 5. The number of halogens is 3. The Morgan fingerprint density at radius 3 is 2.79 bits per heavy atom. The molecule has 0 saturated carbocycles. The van der Waals surface area contributed by atoms with Crippen LogP contribution in [0, 0.1) is 0 Å². The number of rotatable bonds is 7. The van der Waals surface area contributed by atoms with Crippen molar-refractivity contribution >= 4 is 62.5 Å². The Hall–Kier alpha value is -1.74. The average Bonchev–Trinajstić information content (AvgIpc) is 3.03. The Kier molecular flexibility index (Phi) is 7.45. The lowest BCUT2D eigenvalue weighted by Gasteiger charge is -2.14. The highest BCUT2D eigenvalue weighted by Crippen LogP contribution is 2.27. The van der Waals surface area contributed by atoms with E-state index in [1.807, 2.05) is 32.2 Å². The maximum Gasteiger partial charge on any atom is 0.234 e. The second-order valence-electron chi connectivity index (χ2n) is 6.08. The fourth-order valence-corrected chi connectivity index (χ4v) is 4.13. The van der Waals surface area contributed by atoms with Crippen molar-refractivity contribution in [2.24, 2.45) is 7.05 Å². The van der Waals surface area contributed by atoms with Crippen LogP contribution >= 0.6 is 50.9 Å². The lowest BCUT2D eigenvalue weighted by molar-refractivity contribution is -0.113. The van der Waals surface area contributed by atoms with Gasteiger partial charge in [0.25, 0.3) is 0 Å². The zero-order valence-electron chi connectivity index (χ0n) is 15.5. The first kappa shape index (κ1) is 22.0. The van der Waals surface area contributed by atoms with Crippen molar-refractivity contribution in [2.75, 3.05) is 11.1 Å². The van der Waals surface area contributed by atoms with Crippen LogP contribution < -0.4 is 10.1 Å². The summed E-state index contributed by atoms with van der Waals surface area (Å²) in [5, 5.41) is 12.8. The molecule has 0 bridgehead atoms. The minimum Gasteiger partial charge on any atom is -0.483 e. The number of anilines is 1. The topological polar surface area (TPSA) is 69.0 Å². The van der Waals surface area contributed by atoms with Gasteiger partial charge in [0.05, 0.1) is 16.5 Å². The fraction of sp³-hybridized carbons (Fsp3) is 0.211. The third kappa shape index (κ3) is 5.88. The molecule has 0 aliphatic rings. The van der Waals surface area contributed by atoms with Crippen LogP contribution in [-0.4, -0.2) is 26.4 Å². The average molecular weight is 516 g/mol. The normalized spacial score (nSPS) is 11.9. The number of carbonyl (C=O) groups is 1. The summed E-state index contributed by atoms with van der Waals surface area (Å²) in [6, 6.07) is 12.4. The van der Waals surface area contributed by atoms with Crippen molar-refractivity contribution in [2.45, 2.75) is 18.2 Å². The largest absolute Gasteiger partial charge is 0.483 e. The summed E-state index contributed by atoms with van der Waals surface area (Å²) in [5.74, 6) is 1.27. The molecule has 1 atom stereocenters. The summed E-state index contributed by atoms with van der Waals surface area (Å²) in [5.41, 5.74) is 0.558. The van der Waals surface area contributed by atoms with Gasteiger partial charge in [-0.1, -0.05) is 57.0 Å². The van der Waals surface area contributed by atoms with E-state index in [2.05, 4.69) is 31.4 Å². The molecule has 152 valence electrons. The SMILES string of the molecule is CC(Oc1cccc(Cl)c1)c1nnc(SCC(=O)Nc2ccc(Br)cc2Cl)n1C. The number of nitrogens with one attached hydrogen (secondary N) is 1. The van der Waals surface area contributed by atoms with E-state index < -0.39 is 0 Å². The first-order valence-electron chi connectivity index (χ1n) is 8.52. The number of thioether (sulfide) groups is 1. The Labute approximate surface area is 191 Å². The van der Waals surface area contributed by atoms with E-state index in [9.17, 15) is 4.79 Å². The van der Waals surface area contributed by atoms with E-state index in [4.69, 9.17) is 27.9 Å². The third-order valence-electron chi connectivity index (χ3n) is 3.88. The molecule has 0 fully saturated rings. The molecule has 0 aliphatic carbocycles. The van der Waals surface area contributed by atoms with Crippen LogP contribution in [0.15, 0.2) is 52.1 Å². The van der Waals surface area contributed by atoms with Gasteiger partial charge >= 0.3 is 0 Å². The van der Waals surface area contributed by atoms with E-state index in [0.717, 1.165) is 4.47 Å². The van der Waals surface area contributed by atoms with Gasteiger partial charge < -0.3 is 14.6 Å². The van der Waals surface area contributed by atoms with E-state index in [0.29, 0.717) is 32.5 Å². The van der Waals surface area contributed by atoms with Crippen molar-refractivity contribution in [3.8, 4) is 5.75 Å². The van der Waals surface area contributed by atoms with Crippen LogP contribution in [0.25, 0.3) is 0 Å². The minimum atomic E-state index is -0.337. The predicted molar refractivity (Wildman–Crippen MR) is 120 cm³/mol. The monoisotopic (exact) mass is 514 g/mol.